The Labute approximate surface area is 219 Å². The Bertz CT molecular complexity index is 1310. The van der Waals surface area contributed by atoms with Crippen LogP contribution in [0.1, 0.15) is 29.9 Å². The fraction of sp³-hybridized carbons (Fsp3) is 0.423. The maximum Gasteiger partial charge on any atom is 0.153 e. The van der Waals surface area contributed by atoms with E-state index in [9.17, 15) is 13.9 Å². The number of aliphatic hydroxyl groups is 1. The predicted molar refractivity (Wildman–Crippen MR) is 135 cm³/mol. The lowest BCUT2D eigenvalue weighted by molar-refractivity contribution is -0.0384. The fourth-order valence-corrected chi connectivity index (χ4v) is 4.99. The Morgan fingerprint density at radius 3 is 2.50 bits per heavy atom. The molecular weight excluding hydrogens is 492 g/mol. The van der Waals surface area contributed by atoms with Gasteiger partial charge in [-0.25, -0.2) is 23.1 Å². The maximum atomic E-state index is 14.9. The van der Waals surface area contributed by atoms with E-state index in [2.05, 4.69) is 59.7 Å². The van der Waals surface area contributed by atoms with E-state index < -0.39 is 23.3 Å². The molecule has 1 saturated heterocycles. The molecule has 0 bridgehead atoms. The molecule has 0 unspecified atom stereocenters. The first-order chi connectivity index (χ1) is 18.4. The molecule has 0 spiro atoms. The summed E-state index contributed by atoms with van der Waals surface area (Å²) in [7, 11) is 0. The number of halogens is 2. The summed E-state index contributed by atoms with van der Waals surface area (Å²) in [6.45, 7) is 7.08. The van der Waals surface area contributed by atoms with E-state index in [4.69, 9.17) is 0 Å². The largest absolute Gasteiger partial charge is 0.381 e. The third-order valence-electron chi connectivity index (χ3n) is 7.25. The van der Waals surface area contributed by atoms with Gasteiger partial charge in [-0.15, -0.1) is 5.10 Å². The molecule has 10 nitrogen and oxygen atoms in total. The fourth-order valence-electron chi connectivity index (χ4n) is 4.99. The highest BCUT2D eigenvalue weighted by molar-refractivity contribution is 5.26. The number of benzene rings is 2. The van der Waals surface area contributed by atoms with Crippen LogP contribution in [0, 0.1) is 11.6 Å². The number of aromatic nitrogens is 7. The van der Waals surface area contributed by atoms with E-state index in [-0.39, 0.29) is 12.1 Å². The highest BCUT2D eigenvalue weighted by Crippen LogP contribution is 2.36. The second-order valence-corrected chi connectivity index (χ2v) is 9.71. The molecule has 0 saturated carbocycles. The molecule has 3 heterocycles. The van der Waals surface area contributed by atoms with Gasteiger partial charge in [0.2, 0.25) is 0 Å². The van der Waals surface area contributed by atoms with Gasteiger partial charge in [-0.1, -0.05) is 36.4 Å². The van der Waals surface area contributed by atoms with Crippen LogP contribution in [0.15, 0.2) is 61.2 Å². The van der Waals surface area contributed by atoms with Gasteiger partial charge < -0.3 is 10.0 Å². The summed E-state index contributed by atoms with van der Waals surface area (Å²) in [4.78, 5) is 8.73. The Morgan fingerprint density at radius 1 is 1.03 bits per heavy atom. The van der Waals surface area contributed by atoms with Crippen molar-refractivity contribution in [3.63, 3.8) is 0 Å². The van der Waals surface area contributed by atoms with E-state index in [1.165, 1.54) is 33.6 Å². The molecule has 2 aromatic carbocycles. The van der Waals surface area contributed by atoms with Gasteiger partial charge in [-0.2, -0.15) is 5.10 Å². The van der Waals surface area contributed by atoms with Gasteiger partial charge in [-0.05, 0) is 29.0 Å². The summed E-state index contributed by atoms with van der Waals surface area (Å²) in [5.41, 5.74) is -0.596. The van der Waals surface area contributed by atoms with Crippen molar-refractivity contribution < 1.29 is 13.9 Å². The lowest BCUT2D eigenvalue weighted by atomic mass is 9.86. The van der Waals surface area contributed by atoms with Crippen molar-refractivity contribution in [3.8, 4) is 0 Å². The van der Waals surface area contributed by atoms with Crippen molar-refractivity contribution in [1.82, 2.24) is 44.8 Å². The van der Waals surface area contributed by atoms with Gasteiger partial charge >= 0.3 is 0 Å². The molecule has 12 heteroatoms. The van der Waals surface area contributed by atoms with Gasteiger partial charge in [0.25, 0.3) is 0 Å². The van der Waals surface area contributed by atoms with Gasteiger partial charge in [0.15, 0.2) is 5.82 Å². The quantitative estimate of drug-likeness (QED) is 0.337. The number of hydrogen-bond acceptors (Lipinski definition) is 8. The Morgan fingerprint density at radius 2 is 1.79 bits per heavy atom. The Balaban J connectivity index is 1.27. The maximum absolute atomic E-state index is 14.9. The summed E-state index contributed by atoms with van der Waals surface area (Å²) in [5.74, 6) is -1.01. The number of rotatable bonds is 10. The zero-order chi connectivity index (χ0) is 26.5. The van der Waals surface area contributed by atoms with Gasteiger partial charge in [0, 0.05) is 57.3 Å². The molecule has 200 valence electrons. The molecule has 2 atom stereocenters. The van der Waals surface area contributed by atoms with Crippen molar-refractivity contribution in [2.45, 2.75) is 38.1 Å². The third-order valence-corrected chi connectivity index (χ3v) is 7.25. The van der Waals surface area contributed by atoms with Crippen LogP contribution in [0.2, 0.25) is 0 Å². The van der Waals surface area contributed by atoms with Gasteiger partial charge in [0.1, 0.15) is 29.9 Å². The first-order valence-corrected chi connectivity index (χ1v) is 12.7. The van der Waals surface area contributed by atoms with Crippen molar-refractivity contribution in [3.05, 3.63) is 89.8 Å². The highest BCUT2D eigenvalue weighted by Gasteiger charge is 2.42. The molecule has 0 amide bonds. The van der Waals surface area contributed by atoms with Crippen LogP contribution in [-0.2, 0) is 25.1 Å². The molecule has 1 aliphatic heterocycles. The highest BCUT2D eigenvalue weighted by atomic mass is 19.1. The Hall–Kier alpha value is -3.61. The molecule has 0 aliphatic carbocycles. The van der Waals surface area contributed by atoms with E-state index in [1.54, 1.807) is 6.92 Å². The lowest BCUT2D eigenvalue weighted by Gasteiger charge is -2.36. The summed E-state index contributed by atoms with van der Waals surface area (Å²) in [5, 5.41) is 28.1. The SMILES string of the molecule is C[C@H](n1nnnc1CCN1CCN(Cc2ccccc2)CC1)[C@](O)(Cn1cncn1)c1ccc(F)cc1F. The second-order valence-electron chi connectivity index (χ2n) is 9.71. The van der Waals surface area contributed by atoms with Crippen molar-refractivity contribution in [2.75, 3.05) is 32.7 Å². The van der Waals surface area contributed by atoms with E-state index >= 15 is 0 Å². The minimum Gasteiger partial charge on any atom is -0.381 e. The second kappa shape index (κ2) is 11.4. The summed E-state index contributed by atoms with van der Waals surface area (Å²) in [6.07, 6.45) is 3.31. The predicted octanol–water partition coefficient (Wildman–Crippen LogP) is 2.05. The number of hydrogen-bond donors (Lipinski definition) is 1. The first-order valence-electron chi connectivity index (χ1n) is 12.7. The topological polar surface area (TPSA) is 101 Å². The van der Waals surface area contributed by atoms with Crippen LogP contribution in [0.4, 0.5) is 8.78 Å². The van der Waals surface area contributed by atoms with Crippen molar-refractivity contribution in [2.24, 2.45) is 0 Å². The zero-order valence-electron chi connectivity index (χ0n) is 21.2. The molecule has 0 radical (unpaired) electrons. The van der Waals surface area contributed by atoms with E-state index in [1.807, 2.05) is 6.07 Å². The van der Waals surface area contributed by atoms with Gasteiger partial charge in [0.05, 0.1) is 12.6 Å². The van der Waals surface area contributed by atoms with Gasteiger partial charge in [-0.3, -0.25) is 4.90 Å². The average molecular weight is 524 g/mol. The van der Waals surface area contributed by atoms with Crippen molar-refractivity contribution >= 4 is 0 Å². The molecular formula is C26H31F2N9O. The molecule has 1 fully saturated rings. The standard InChI is InChI=1S/C26H31F2N9O/c1-20(26(38,17-36-19-29-18-30-36)23-8-7-22(27)15-24(23)28)37-25(31-32-33-37)9-10-34-11-13-35(14-12-34)16-21-5-3-2-4-6-21/h2-8,15,18-20,38H,9-14,16-17H2,1H3/t20-,26+/m0/s1. The van der Waals surface area contributed by atoms with Crippen LogP contribution in [0.25, 0.3) is 0 Å². The van der Waals surface area contributed by atoms with Crippen LogP contribution in [-0.4, -0.2) is 82.6 Å². The van der Waals surface area contributed by atoms with E-state index in [0.29, 0.717) is 12.2 Å². The first kappa shape index (κ1) is 26.0. The number of tetrazole rings is 1. The van der Waals surface area contributed by atoms with Crippen LogP contribution in [0.5, 0.6) is 0 Å². The summed E-state index contributed by atoms with van der Waals surface area (Å²) in [6, 6.07) is 12.8. The molecule has 1 aliphatic rings. The van der Waals surface area contributed by atoms with Crippen LogP contribution >= 0.6 is 0 Å². The minimum atomic E-state index is -1.83. The number of nitrogens with zero attached hydrogens (tertiary/aromatic N) is 9. The van der Waals surface area contributed by atoms with Crippen molar-refractivity contribution in [1.29, 1.82) is 0 Å². The summed E-state index contributed by atoms with van der Waals surface area (Å²) < 4.78 is 31.5. The zero-order valence-corrected chi connectivity index (χ0v) is 21.2. The summed E-state index contributed by atoms with van der Waals surface area (Å²) >= 11 is 0. The van der Waals surface area contributed by atoms with Crippen LogP contribution < -0.4 is 0 Å². The molecule has 4 aromatic rings. The smallest absolute Gasteiger partial charge is 0.153 e. The number of piperazine rings is 1. The molecule has 5 rings (SSSR count). The Kier molecular flexibility index (Phi) is 7.82. The molecule has 2 aromatic heterocycles. The monoisotopic (exact) mass is 523 g/mol. The third kappa shape index (κ3) is 5.77. The normalized spacial score (nSPS) is 17.4. The lowest BCUT2D eigenvalue weighted by Crippen LogP contribution is -2.46. The van der Waals surface area contributed by atoms with E-state index in [0.717, 1.165) is 51.4 Å². The molecule has 1 N–H and O–H groups in total. The average Bonchev–Trinajstić information content (AvgIpc) is 3.60. The molecule has 38 heavy (non-hydrogen) atoms. The minimum absolute atomic E-state index is 0.0714. The van der Waals surface area contributed by atoms with Crippen LogP contribution in [0.3, 0.4) is 0 Å².